The minimum atomic E-state index is -0.650. The Labute approximate surface area is 36.5 Å². The molecule has 0 aliphatic carbocycles. The van der Waals surface area contributed by atoms with Gasteiger partial charge in [-0.15, -0.1) is 0 Å². The van der Waals surface area contributed by atoms with E-state index in [1.54, 1.807) is 0 Å². The summed E-state index contributed by atoms with van der Waals surface area (Å²) in [4.78, 5) is 0. The van der Waals surface area contributed by atoms with Crippen LogP contribution in [0.25, 0.3) is 0 Å². The van der Waals surface area contributed by atoms with Gasteiger partial charge in [0.1, 0.15) is 6.23 Å². The molecule has 3 heteroatoms. The van der Waals surface area contributed by atoms with Crippen LogP contribution in [-0.4, -0.2) is 17.7 Å². The van der Waals surface area contributed by atoms with Gasteiger partial charge in [-0.1, -0.05) is 0 Å². The molecule has 0 aromatic rings. The molecule has 35 valence electrons. The molecule has 3 nitrogen and oxygen atoms in total. The summed E-state index contributed by atoms with van der Waals surface area (Å²) in [6.07, 6.45) is 1.17. The van der Waals surface area contributed by atoms with Gasteiger partial charge in [0.25, 0.3) is 0 Å². The van der Waals surface area contributed by atoms with E-state index in [2.05, 4.69) is 5.32 Å². The van der Waals surface area contributed by atoms with Gasteiger partial charge in [0, 0.05) is 0 Å². The fraction of sp³-hybridized carbons (Fsp3) is 0.667. The summed E-state index contributed by atoms with van der Waals surface area (Å²) >= 11 is 0. The molecule has 0 aliphatic heterocycles. The third-order valence-corrected chi connectivity index (χ3v) is 0.281. The predicted octanol–water partition coefficient (Wildman–Crippen LogP) is -0.602. The first-order valence-electron chi connectivity index (χ1n) is 1.62. The average Bonchev–Trinajstić information content (AvgIpc) is 1.35. The molecular weight excluding hydrogens is 80.0 g/mol. The Morgan fingerprint density at radius 3 is 2.50 bits per heavy atom. The largest absolute Gasteiger partial charge is 0.374 e. The Bertz CT molecular complexity index is 44.1. The molecule has 0 saturated carbocycles. The zero-order valence-corrected chi connectivity index (χ0v) is 3.52. The predicted molar refractivity (Wildman–Crippen MR) is 22.5 cm³/mol. The summed E-state index contributed by atoms with van der Waals surface area (Å²) in [5, 5.41) is 16.7. The lowest BCUT2D eigenvalue weighted by Crippen LogP contribution is -2.22. The van der Waals surface area contributed by atoms with Gasteiger partial charge in [-0.2, -0.15) is 0 Å². The first-order chi connectivity index (χ1) is 2.77. The van der Waals surface area contributed by atoms with E-state index in [1.807, 2.05) is 6.34 Å². The van der Waals surface area contributed by atoms with E-state index in [1.165, 1.54) is 6.92 Å². The molecule has 1 atom stereocenters. The second-order valence-electron chi connectivity index (χ2n) is 0.945. The van der Waals surface area contributed by atoms with Crippen LogP contribution in [0.4, 0.5) is 0 Å². The fourth-order valence-corrected chi connectivity index (χ4v) is 0.104. The highest BCUT2D eigenvalue weighted by atomic mass is 16.3. The minimum absolute atomic E-state index is 0.650. The van der Waals surface area contributed by atoms with Crippen molar-refractivity contribution in [1.29, 1.82) is 5.41 Å². The summed E-state index contributed by atoms with van der Waals surface area (Å²) < 4.78 is 0. The molecule has 0 amide bonds. The second-order valence-corrected chi connectivity index (χ2v) is 0.945. The van der Waals surface area contributed by atoms with Crippen LogP contribution in [0.3, 0.4) is 0 Å². The Morgan fingerprint density at radius 2 is 2.50 bits per heavy atom. The van der Waals surface area contributed by atoms with E-state index in [0.29, 0.717) is 0 Å². The summed E-state index contributed by atoms with van der Waals surface area (Å²) in [5.74, 6) is 0. The molecule has 6 heavy (non-hydrogen) atoms. The Kier molecular flexibility index (Phi) is 2.40. The van der Waals surface area contributed by atoms with Crippen molar-refractivity contribution in [3.63, 3.8) is 0 Å². The fourth-order valence-electron chi connectivity index (χ4n) is 0.104. The van der Waals surface area contributed by atoms with Gasteiger partial charge in [0.15, 0.2) is 6.34 Å². The SMILES string of the molecule is CC(O)N[C]=N. The van der Waals surface area contributed by atoms with Crippen molar-refractivity contribution in [2.75, 3.05) is 0 Å². The lowest BCUT2D eigenvalue weighted by molar-refractivity contribution is 0.182. The van der Waals surface area contributed by atoms with Crippen LogP contribution in [0.2, 0.25) is 0 Å². The molecule has 0 heterocycles. The molecule has 0 aromatic heterocycles. The van der Waals surface area contributed by atoms with Crippen LogP contribution < -0.4 is 5.32 Å². The number of aliphatic hydroxyl groups excluding tert-OH is 1. The monoisotopic (exact) mass is 87.1 g/mol. The van der Waals surface area contributed by atoms with Crippen LogP contribution in [0.1, 0.15) is 6.92 Å². The zero-order valence-electron chi connectivity index (χ0n) is 3.52. The third kappa shape index (κ3) is 3.43. The van der Waals surface area contributed by atoms with Crippen LogP contribution in [-0.2, 0) is 0 Å². The molecule has 0 saturated heterocycles. The van der Waals surface area contributed by atoms with Gasteiger partial charge in [-0.3, -0.25) is 5.41 Å². The van der Waals surface area contributed by atoms with E-state index in [0.717, 1.165) is 0 Å². The maximum absolute atomic E-state index is 8.26. The third-order valence-electron chi connectivity index (χ3n) is 0.281. The van der Waals surface area contributed by atoms with Gasteiger partial charge < -0.3 is 10.4 Å². The molecule has 3 N–H and O–H groups in total. The number of rotatable bonds is 2. The van der Waals surface area contributed by atoms with Gasteiger partial charge in [0.05, 0.1) is 0 Å². The molecule has 0 aromatic carbocycles. The summed E-state index contributed by atoms with van der Waals surface area (Å²) in [6.45, 7) is 1.52. The minimum Gasteiger partial charge on any atom is -0.374 e. The van der Waals surface area contributed by atoms with Gasteiger partial charge in [-0.05, 0) is 6.92 Å². The van der Waals surface area contributed by atoms with Crippen LogP contribution >= 0.6 is 0 Å². The number of aliphatic hydroxyl groups is 1. The quantitative estimate of drug-likeness (QED) is 0.182. The van der Waals surface area contributed by atoms with Crippen molar-refractivity contribution in [2.24, 2.45) is 0 Å². The Balaban J connectivity index is 2.81. The average molecular weight is 87.1 g/mol. The van der Waals surface area contributed by atoms with E-state index < -0.39 is 6.23 Å². The molecule has 1 unspecified atom stereocenters. The highest BCUT2D eigenvalue weighted by Gasteiger charge is 1.82. The maximum atomic E-state index is 8.26. The number of nitrogens with one attached hydrogen (secondary N) is 2. The van der Waals surface area contributed by atoms with E-state index >= 15 is 0 Å². The first-order valence-corrected chi connectivity index (χ1v) is 1.62. The molecule has 0 bridgehead atoms. The van der Waals surface area contributed by atoms with Gasteiger partial charge in [-0.25, -0.2) is 0 Å². The van der Waals surface area contributed by atoms with E-state index in [-0.39, 0.29) is 0 Å². The molecule has 0 aliphatic rings. The lowest BCUT2D eigenvalue weighted by atomic mass is 10.7. The molecule has 0 spiro atoms. The van der Waals surface area contributed by atoms with Gasteiger partial charge >= 0.3 is 0 Å². The lowest BCUT2D eigenvalue weighted by Gasteiger charge is -1.96. The smallest absolute Gasteiger partial charge is 0.163 e. The number of hydrogen-bond acceptors (Lipinski definition) is 2. The van der Waals surface area contributed by atoms with Crippen molar-refractivity contribution < 1.29 is 5.11 Å². The molecule has 1 radical (unpaired) electrons. The van der Waals surface area contributed by atoms with Crippen molar-refractivity contribution in [3.05, 3.63) is 0 Å². The summed E-state index contributed by atoms with van der Waals surface area (Å²) in [7, 11) is 0. The Morgan fingerprint density at radius 1 is 2.00 bits per heavy atom. The highest BCUT2D eigenvalue weighted by Crippen LogP contribution is 1.61. The highest BCUT2D eigenvalue weighted by molar-refractivity contribution is 5.49. The van der Waals surface area contributed by atoms with E-state index in [4.69, 9.17) is 10.5 Å². The first kappa shape index (κ1) is 5.43. The maximum Gasteiger partial charge on any atom is 0.163 e. The van der Waals surface area contributed by atoms with E-state index in [9.17, 15) is 0 Å². The Hall–Kier alpha value is -0.570. The summed E-state index contributed by atoms with van der Waals surface area (Å²) in [6, 6.07) is 0. The van der Waals surface area contributed by atoms with Crippen molar-refractivity contribution in [3.8, 4) is 0 Å². The van der Waals surface area contributed by atoms with Gasteiger partial charge in [0.2, 0.25) is 0 Å². The van der Waals surface area contributed by atoms with Crippen LogP contribution in [0.5, 0.6) is 0 Å². The number of hydrogen-bond donors (Lipinski definition) is 3. The van der Waals surface area contributed by atoms with Crippen molar-refractivity contribution in [1.82, 2.24) is 5.32 Å². The molecule has 0 rings (SSSR count). The topological polar surface area (TPSA) is 56.1 Å². The van der Waals surface area contributed by atoms with Crippen molar-refractivity contribution >= 4 is 6.34 Å². The zero-order chi connectivity index (χ0) is 4.99. The van der Waals surface area contributed by atoms with Crippen LogP contribution in [0.15, 0.2) is 0 Å². The normalized spacial score (nSPS) is 13.0. The molecular formula is C3H7N2O. The standard InChI is InChI=1S/C3H7N2O/c1-3(6)5-2-4/h3,6H,1H3,(H2,4,5). The van der Waals surface area contributed by atoms with Crippen LogP contribution in [0, 0.1) is 5.41 Å². The van der Waals surface area contributed by atoms with Crippen molar-refractivity contribution in [2.45, 2.75) is 13.2 Å². The molecule has 0 fully saturated rings. The summed E-state index contributed by atoms with van der Waals surface area (Å²) in [5.41, 5.74) is 0. The second kappa shape index (κ2) is 2.66.